The van der Waals surface area contributed by atoms with Gasteiger partial charge in [-0.1, -0.05) is 12.1 Å². The van der Waals surface area contributed by atoms with Crippen LogP contribution in [-0.4, -0.2) is 21.2 Å². The second kappa shape index (κ2) is 5.09. The first-order chi connectivity index (χ1) is 9.20. The highest BCUT2D eigenvalue weighted by Gasteiger charge is 2.35. The van der Waals surface area contributed by atoms with Crippen LogP contribution in [0.3, 0.4) is 0 Å². The second-order valence-electron chi connectivity index (χ2n) is 5.92. The van der Waals surface area contributed by atoms with Crippen LogP contribution in [0.4, 0.5) is 10.5 Å². The van der Waals surface area contributed by atoms with Crippen molar-refractivity contribution >= 4 is 21.5 Å². The van der Waals surface area contributed by atoms with E-state index < -0.39 is 21.4 Å². The molecule has 1 aliphatic carbocycles. The highest BCUT2D eigenvalue weighted by atomic mass is 32.2. The first-order valence-electron chi connectivity index (χ1n) is 6.57. The maximum Gasteiger partial charge on any atom is 0.412 e. The van der Waals surface area contributed by atoms with Gasteiger partial charge in [-0.25, -0.2) is 13.8 Å². The lowest BCUT2D eigenvalue weighted by Crippen LogP contribution is -2.27. The van der Waals surface area contributed by atoms with Gasteiger partial charge in [-0.3, -0.25) is 5.32 Å². The number of carbonyl (C=O) groups excluding carboxylic acids is 1. The van der Waals surface area contributed by atoms with Gasteiger partial charge < -0.3 is 4.74 Å². The number of carbonyl (C=O) groups is 1. The van der Waals surface area contributed by atoms with E-state index in [1.54, 1.807) is 45.0 Å². The number of amides is 1. The Bertz CT molecular complexity index is 614. The van der Waals surface area contributed by atoms with Crippen molar-refractivity contribution in [1.82, 2.24) is 0 Å². The largest absolute Gasteiger partial charge is 0.444 e. The SMILES string of the molecule is CC(C)(C)OC(=O)Nc1ccccc1S(=N)(=O)C1CC1. The van der Waals surface area contributed by atoms with E-state index in [9.17, 15) is 9.00 Å². The molecule has 20 heavy (non-hydrogen) atoms. The van der Waals surface area contributed by atoms with E-state index in [-0.39, 0.29) is 5.25 Å². The van der Waals surface area contributed by atoms with Crippen LogP contribution in [0.25, 0.3) is 0 Å². The Morgan fingerprint density at radius 2 is 1.95 bits per heavy atom. The molecule has 1 fully saturated rings. The summed E-state index contributed by atoms with van der Waals surface area (Å²) in [6.45, 7) is 5.32. The first kappa shape index (κ1) is 14.8. The summed E-state index contributed by atoms with van der Waals surface area (Å²) in [5.74, 6) is 0. The number of nitrogens with one attached hydrogen (secondary N) is 2. The molecule has 0 heterocycles. The van der Waals surface area contributed by atoms with Gasteiger partial charge >= 0.3 is 6.09 Å². The normalized spacial score (nSPS) is 18.1. The lowest BCUT2D eigenvalue weighted by molar-refractivity contribution is 0.0635. The Kier molecular flexibility index (Phi) is 3.77. The molecule has 6 heteroatoms. The fourth-order valence-electron chi connectivity index (χ4n) is 1.83. The second-order valence-corrected chi connectivity index (χ2v) is 8.23. The van der Waals surface area contributed by atoms with Gasteiger partial charge in [0, 0.05) is 5.25 Å². The molecule has 1 unspecified atom stereocenters. The highest BCUT2D eigenvalue weighted by Crippen LogP contribution is 2.37. The van der Waals surface area contributed by atoms with E-state index in [1.165, 1.54) is 0 Å². The molecule has 0 saturated heterocycles. The summed E-state index contributed by atoms with van der Waals surface area (Å²) in [6, 6.07) is 6.75. The number of para-hydroxylation sites is 1. The minimum Gasteiger partial charge on any atom is -0.444 e. The average Bonchev–Trinajstić information content (AvgIpc) is 3.10. The molecular formula is C14H20N2O3S. The van der Waals surface area contributed by atoms with E-state index >= 15 is 0 Å². The number of ether oxygens (including phenoxy) is 1. The van der Waals surface area contributed by atoms with Crippen LogP contribution >= 0.6 is 0 Å². The van der Waals surface area contributed by atoms with Gasteiger partial charge in [0.1, 0.15) is 5.60 Å². The van der Waals surface area contributed by atoms with Crippen molar-refractivity contribution in [1.29, 1.82) is 4.78 Å². The summed E-state index contributed by atoms with van der Waals surface area (Å²) in [6.07, 6.45) is 1.02. The minimum absolute atomic E-state index is 0.0934. The van der Waals surface area contributed by atoms with Gasteiger partial charge in [-0.15, -0.1) is 0 Å². The maximum atomic E-state index is 12.5. The fraction of sp³-hybridized carbons (Fsp3) is 0.500. The molecule has 0 aromatic heterocycles. The summed E-state index contributed by atoms with van der Waals surface area (Å²) in [5, 5.41) is 2.50. The molecule has 2 N–H and O–H groups in total. The Hall–Kier alpha value is -1.56. The molecule has 1 amide bonds. The van der Waals surface area contributed by atoms with Crippen molar-refractivity contribution in [2.24, 2.45) is 0 Å². The van der Waals surface area contributed by atoms with Crippen molar-refractivity contribution < 1.29 is 13.7 Å². The summed E-state index contributed by atoms with van der Waals surface area (Å²) in [4.78, 5) is 12.2. The number of hydrogen-bond acceptors (Lipinski definition) is 4. The van der Waals surface area contributed by atoms with E-state index in [1.807, 2.05) is 0 Å². The molecule has 1 aromatic carbocycles. The molecule has 0 radical (unpaired) electrons. The average molecular weight is 296 g/mol. The number of anilines is 1. The highest BCUT2D eigenvalue weighted by molar-refractivity contribution is 7.93. The number of hydrogen-bond donors (Lipinski definition) is 2. The standard InChI is InChI=1S/C14H20N2O3S/c1-14(2,3)19-13(17)16-11-6-4-5-7-12(11)20(15,18)10-8-9-10/h4-7,10,15H,8-9H2,1-3H3,(H,16,17). The molecule has 0 aliphatic heterocycles. The minimum atomic E-state index is -2.86. The van der Waals surface area contributed by atoms with Crippen molar-refractivity contribution in [2.45, 2.75) is 49.4 Å². The number of rotatable bonds is 3. The quantitative estimate of drug-likeness (QED) is 0.894. The third kappa shape index (κ3) is 3.50. The first-order valence-corrected chi connectivity index (χ1v) is 8.19. The van der Waals surface area contributed by atoms with E-state index in [0.717, 1.165) is 12.8 Å². The van der Waals surface area contributed by atoms with E-state index in [2.05, 4.69) is 5.32 Å². The Morgan fingerprint density at radius 3 is 2.50 bits per heavy atom. The van der Waals surface area contributed by atoms with Crippen LogP contribution in [0.1, 0.15) is 33.6 Å². The van der Waals surface area contributed by atoms with Gasteiger partial charge in [-0.2, -0.15) is 0 Å². The third-order valence-electron chi connectivity index (χ3n) is 2.84. The van der Waals surface area contributed by atoms with Gasteiger partial charge in [-0.05, 0) is 45.7 Å². The molecule has 0 spiro atoms. The predicted molar refractivity (Wildman–Crippen MR) is 78.4 cm³/mol. The van der Waals surface area contributed by atoms with Crippen LogP contribution in [0.5, 0.6) is 0 Å². The van der Waals surface area contributed by atoms with Gasteiger partial charge in [0.15, 0.2) is 0 Å². The molecule has 1 saturated carbocycles. The zero-order chi connectivity index (χ0) is 15.0. The summed E-state index contributed by atoms with van der Waals surface area (Å²) >= 11 is 0. The van der Waals surface area contributed by atoms with Gasteiger partial charge in [0.2, 0.25) is 0 Å². The van der Waals surface area contributed by atoms with Crippen molar-refractivity contribution in [3.05, 3.63) is 24.3 Å². The predicted octanol–water partition coefficient (Wildman–Crippen LogP) is 3.60. The van der Waals surface area contributed by atoms with Gasteiger partial charge in [0.05, 0.1) is 20.3 Å². The molecule has 1 aromatic rings. The Labute approximate surface area is 119 Å². The van der Waals surface area contributed by atoms with Crippen LogP contribution in [0, 0.1) is 4.78 Å². The lowest BCUT2D eigenvalue weighted by Gasteiger charge is -2.20. The van der Waals surface area contributed by atoms with E-state index in [4.69, 9.17) is 9.52 Å². The lowest BCUT2D eigenvalue weighted by atomic mass is 10.2. The zero-order valence-corrected chi connectivity index (χ0v) is 12.8. The Balaban J connectivity index is 2.23. The molecule has 0 bridgehead atoms. The summed E-state index contributed by atoms with van der Waals surface area (Å²) in [7, 11) is -2.86. The van der Waals surface area contributed by atoms with E-state index in [0.29, 0.717) is 10.6 Å². The van der Waals surface area contributed by atoms with Crippen molar-refractivity contribution in [3.8, 4) is 0 Å². The van der Waals surface area contributed by atoms with Gasteiger partial charge in [0.25, 0.3) is 0 Å². The maximum absolute atomic E-state index is 12.5. The topological polar surface area (TPSA) is 79.2 Å². The molecular weight excluding hydrogens is 276 g/mol. The molecule has 1 atom stereocenters. The number of benzene rings is 1. The van der Waals surface area contributed by atoms with Crippen LogP contribution in [0.15, 0.2) is 29.2 Å². The van der Waals surface area contributed by atoms with Crippen LogP contribution in [0.2, 0.25) is 0 Å². The molecule has 5 nitrogen and oxygen atoms in total. The van der Waals surface area contributed by atoms with Crippen LogP contribution < -0.4 is 5.32 Å². The smallest absolute Gasteiger partial charge is 0.412 e. The summed E-state index contributed by atoms with van der Waals surface area (Å²) < 4.78 is 25.8. The molecule has 1 aliphatic rings. The summed E-state index contributed by atoms with van der Waals surface area (Å²) in [5.41, 5.74) is -0.202. The molecule has 110 valence electrons. The van der Waals surface area contributed by atoms with Crippen LogP contribution in [-0.2, 0) is 14.5 Å². The Morgan fingerprint density at radius 1 is 1.35 bits per heavy atom. The third-order valence-corrected chi connectivity index (χ3v) is 5.26. The van der Waals surface area contributed by atoms with Crippen molar-refractivity contribution in [2.75, 3.05) is 5.32 Å². The zero-order valence-electron chi connectivity index (χ0n) is 11.9. The molecule has 2 rings (SSSR count). The monoisotopic (exact) mass is 296 g/mol. The fourth-order valence-corrected chi connectivity index (χ4v) is 3.71. The van der Waals surface area contributed by atoms with Crippen molar-refractivity contribution in [3.63, 3.8) is 0 Å².